The number of sulfonamides is 1. The van der Waals surface area contributed by atoms with Gasteiger partial charge in [-0.1, -0.05) is 43.7 Å². The first-order chi connectivity index (χ1) is 21.5. The molecule has 0 saturated carbocycles. The quantitative estimate of drug-likeness (QED) is 0.106. The molecule has 248 valence electrons. The molecule has 1 aliphatic rings. The topological polar surface area (TPSA) is 158 Å². The molecule has 2 aromatic carbocycles. The average molecular weight is 667 g/mol. The van der Waals surface area contributed by atoms with Gasteiger partial charge in [-0.2, -0.15) is 18.3 Å². The molecule has 4 rings (SSSR count). The Hall–Kier alpha value is -4.67. The maximum Gasteiger partial charge on any atom is 0.435 e. The first-order valence-electron chi connectivity index (χ1n) is 14.3. The van der Waals surface area contributed by atoms with Gasteiger partial charge in [0.05, 0.1) is 46.2 Å². The lowest BCUT2D eigenvalue weighted by Gasteiger charge is -2.28. The lowest BCUT2D eigenvalue weighted by atomic mass is 9.99. The standard InChI is InChI=1S/C29H33F3N6O7S/c1-18(2)28(40)44-20(4)45-35-38(41)36-15-5-6-22(17-36)27(39)34-46(42,43)24-13-11-23(12-14-24)37-25(16-26(33-37)29(30,31)32)21-9-7-19(3)8-10-21/h7-14,16,18,20,22H,5-6,15,17H2,1-4H3,(H,34,39)/b38-35-. The summed E-state index contributed by atoms with van der Waals surface area (Å²) in [5.41, 5.74) is 0.573. The van der Waals surface area contributed by atoms with Crippen LogP contribution in [0.4, 0.5) is 13.2 Å². The van der Waals surface area contributed by atoms with Gasteiger partial charge < -0.3 is 9.94 Å². The third-order valence-electron chi connectivity index (χ3n) is 7.01. The second-order valence-corrected chi connectivity index (χ2v) is 12.7. The van der Waals surface area contributed by atoms with E-state index in [1.165, 1.54) is 19.1 Å². The summed E-state index contributed by atoms with van der Waals surface area (Å²) in [6.45, 7) is 6.51. The number of hydrogen-bond acceptors (Lipinski definition) is 9. The van der Waals surface area contributed by atoms with Crippen molar-refractivity contribution in [3.8, 4) is 16.9 Å². The summed E-state index contributed by atoms with van der Waals surface area (Å²) in [4.78, 5) is 29.3. The summed E-state index contributed by atoms with van der Waals surface area (Å²) in [5, 5.41) is 20.6. The SMILES string of the molecule is Cc1ccc(-c2cc(C(F)(F)F)nn2-c2ccc(S(=O)(=O)NC(=O)C3CCCN(/[N+]([O-])=N/OC(C)OC(=O)C(C)C)C3)cc2)cc1. The molecule has 0 spiro atoms. The number of piperidine rings is 1. The highest BCUT2D eigenvalue weighted by molar-refractivity contribution is 7.90. The second-order valence-electron chi connectivity index (χ2n) is 11.0. The molecule has 13 nitrogen and oxygen atoms in total. The Labute approximate surface area is 263 Å². The van der Waals surface area contributed by atoms with Gasteiger partial charge in [0.2, 0.25) is 11.2 Å². The maximum absolute atomic E-state index is 13.5. The van der Waals surface area contributed by atoms with Gasteiger partial charge in [-0.05, 0) is 50.1 Å². The number of esters is 1. The molecular formula is C29H33F3N6O7S. The smallest absolute Gasteiger partial charge is 0.435 e. The molecular weight excluding hydrogens is 633 g/mol. The molecule has 0 bridgehead atoms. The maximum atomic E-state index is 13.5. The second kappa shape index (κ2) is 13.8. The number of carbonyl (C=O) groups excluding carboxylic acids is 2. The summed E-state index contributed by atoms with van der Waals surface area (Å²) < 4.78 is 74.7. The molecule has 1 N–H and O–H groups in total. The Bertz CT molecular complexity index is 1690. The van der Waals surface area contributed by atoms with E-state index in [4.69, 9.17) is 9.57 Å². The van der Waals surface area contributed by atoms with Crippen LogP contribution in [0, 0.1) is 24.0 Å². The fraction of sp³-hybridized carbons (Fsp3) is 0.414. The van der Waals surface area contributed by atoms with Crippen LogP contribution in [-0.4, -0.2) is 59.4 Å². The summed E-state index contributed by atoms with van der Waals surface area (Å²) in [5.74, 6) is -2.71. The molecule has 0 radical (unpaired) electrons. The molecule has 2 unspecified atom stereocenters. The molecule has 17 heteroatoms. The van der Waals surface area contributed by atoms with E-state index >= 15 is 0 Å². The molecule has 1 fully saturated rings. The molecule has 2 atom stereocenters. The summed E-state index contributed by atoms with van der Waals surface area (Å²) in [6, 6.07) is 12.6. The van der Waals surface area contributed by atoms with Crippen molar-refractivity contribution in [3.05, 3.63) is 71.1 Å². The zero-order valence-electron chi connectivity index (χ0n) is 25.4. The van der Waals surface area contributed by atoms with Crippen LogP contribution in [0.5, 0.6) is 0 Å². The van der Waals surface area contributed by atoms with E-state index in [-0.39, 0.29) is 40.8 Å². The third kappa shape index (κ3) is 8.32. The molecule has 46 heavy (non-hydrogen) atoms. The van der Waals surface area contributed by atoms with Crippen molar-refractivity contribution in [1.29, 1.82) is 0 Å². The monoisotopic (exact) mass is 666 g/mol. The molecule has 3 aromatic rings. The Morgan fingerprint density at radius 3 is 2.37 bits per heavy atom. The number of hydrazine groups is 1. The number of benzene rings is 2. The first-order valence-corrected chi connectivity index (χ1v) is 15.7. The van der Waals surface area contributed by atoms with Crippen LogP contribution in [-0.2, 0) is 35.4 Å². The number of hydrogen-bond donors (Lipinski definition) is 1. The zero-order chi connectivity index (χ0) is 33.8. The van der Waals surface area contributed by atoms with Crippen molar-refractivity contribution in [1.82, 2.24) is 19.5 Å². The number of aryl methyl sites for hydroxylation is 1. The summed E-state index contributed by atoms with van der Waals surface area (Å²) >= 11 is 0. The van der Waals surface area contributed by atoms with Gasteiger partial charge in [0.25, 0.3) is 16.3 Å². The third-order valence-corrected chi connectivity index (χ3v) is 8.37. The molecule has 1 aliphatic heterocycles. The van der Waals surface area contributed by atoms with E-state index < -0.39 is 51.9 Å². The number of nitrogens with one attached hydrogen (secondary N) is 1. The Morgan fingerprint density at radius 2 is 1.76 bits per heavy atom. The van der Waals surface area contributed by atoms with Gasteiger partial charge in [-0.25, -0.2) is 17.8 Å². The van der Waals surface area contributed by atoms with Gasteiger partial charge in [0, 0.05) is 12.5 Å². The van der Waals surface area contributed by atoms with Crippen molar-refractivity contribution in [2.24, 2.45) is 17.1 Å². The van der Waals surface area contributed by atoms with Crippen molar-refractivity contribution in [2.45, 2.75) is 57.9 Å². The van der Waals surface area contributed by atoms with E-state index in [2.05, 4.69) is 10.4 Å². The van der Waals surface area contributed by atoms with Crippen LogP contribution in [0.1, 0.15) is 44.9 Å². The Morgan fingerprint density at radius 1 is 1.11 bits per heavy atom. The number of halogens is 3. The lowest BCUT2D eigenvalue weighted by molar-refractivity contribution is -0.715. The predicted molar refractivity (Wildman–Crippen MR) is 156 cm³/mol. The minimum atomic E-state index is -4.71. The van der Waals surface area contributed by atoms with Crippen molar-refractivity contribution >= 4 is 21.9 Å². The first kappa shape index (κ1) is 34.2. The van der Waals surface area contributed by atoms with Gasteiger partial charge in [0.15, 0.2) is 5.69 Å². The highest BCUT2D eigenvalue weighted by Crippen LogP contribution is 2.33. The van der Waals surface area contributed by atoms with Crippen LogP contribution >= 0.6 is 0 Å². The van der Waals surface area contributed by atoms with Crippen LogP contribution in [0.2, 0.25) is 0 Å². The van der Waals surface area contributed by atoms with Crippen molar-refractivity contribution < 1.29 is 45.7 Å². The number of aromatic nitrogens is 2. The van der Waals surface area contributed by atoms with E-state index in [0.717, 1.165) is 33.5 Å². The molecule has 1 aromatic heterocycles. The van der Waals surface area contributed by atoms with Gasteiger partial charge >= 0.3 is 12.1 Å². The highest BCUT2D eigenvalue weighted by atomic mass is 32.2. The average Bonchev–Trinajstić information content (AvgIpc) is 3.46. The predicted octanol–water partition coefficient (Wildman–Crippen LogP) is 4.74. The number of alkyl halides is 3. The van der Waals surface area contributed by atoms with E-state index in [9.17, 15) is 36.4 Å². The zero-order valence-corrected chi connectivity index (χ0v) is 26.2. The molecule has 2 heterocycles. The molecule has 0 aliphatic carbocycles. The molecule has 1 saturated heterocycles. The minimum absolute atomic E-state index is 0.108. The van der Waals surface area contributed by atoms with E-state index in [1.54, 1.807) is 38.1 Å². The number of nitrogens with zero attached hydrogens (tertiary/aromatic N) is 5. The van der Waals surface area contributed by atoms with Crippen molar-refractivity contribution in [3.63, 3.8) is 0 Å². The normalized spacial score (nSPS) is 16.7. The fourth-order valence-electron chi connectivity index (χ4n) is 4.49. The lowest BCUT2D eigenvalue weighted by Crippen LogP contribution is -2.46. The fourth-order valence-corrected chi connectivity index (χ4v) is 5.54. The highest BCUT2D eigenvalue weighted by Gasteiger charge is 2.36. The van der Waals surface area contributed by atoms with Crippen LogP contribution in [0.25, 0.3) is 16.9 Å². The van der Waals surface area contributed by atoms with Gasteiger partial charge in [0.1, 0.15) is 0 Å². The van der Waals surface area contributed by atoms with Crippen LogP contribution in [0.3, 0.4) is 0 Å². The van der Waals surface area contributed by atoms with Gasteiger partial charge in [-0.15, -0.1) is 5.01 Å². The largest absolute Gasteiger partial charge is 0.569 e. The Kier molecular flexibility index (Phi) is 10.2. The van der Waals surface area contributed by atoms with Crippen LogP contribution in [0.15, 0.2) is 64.8 Å². The summed E-state index contributed by atoms with van der Waals surface area (Å²) in [6.07, 6.45) is -5.19. The number of ether oxygens (including phenoxy) is 1. The van der Waals surface area contributed by atoms with E-state index in [0.29, 0.717) is 12.0 Å². The number of amides is 1. The van der Waals surface area contributed by atoms with Gasteiger partial charge in [-0.3, -0.25) is 14.4 Å². The number of carbonyl (C=O) groups is 2. The Balaban J connectivity index is 1.45. The minimum Gasteiger partial charge on any atom is -0.569 e. The molecule has 1 amide bonds. The van der Waals surface area contributed by atoms with Crippen molar-refractivity contribution in [2.75, 3.05) is 13.1 Å². The summed E-state index contributed by atoms with van der Waals surface area (Å²) in [7, 11) is -4.39. The number of rotatable bonds is 10. The van der Waals surface area contributed by atoms with Crippen LogP contribution < -0.4 is 4.72 Å². The van der Waals surface area contributed by atoms with E-state index in [1.807, 2.05) is 11.6 Å².